The Morgan fingerprint density at radius 3 is 2.50 bits per heavy atom. The van der Waals surface area contributed by atoms with Crippen molar-refractivity contribution < 1.29 is 9.84 Å². The van der Waals surface area contributed by atoms with Gasteiger partial charge in [0.25, 0.3) is 0 Å². The maximum Gasteiger partial charge on any atom is 0.0971 e. The minimum Gasteiger partial charge on any atom is -0.392 e. The predicted molar refractivity (Wildman–Crippen MR) is 74.3 cm³/mol. The highest BCUT2D eigenvalue weighted by atomic mass is 32.2. The lowest BCUT2D eigenvalue weighted by atomic mass is 10.2. The molecule has 0 spiro atoms. The van der Waals surface area contributed by atoms with Crippen LogP contribution < -0.4 is 0 Å². The summed E-state index contributed by atoms with van der Waals surface area (Å²) in [5.41, 5.74) is 2.12. The molecule has 0 aliphatic heterocycles. The van der Waals surface area contributed by atoms with E-state index in [9.17, 15) is 0 Å². The zero-order chi connectivity index (χ0) is 12.6. The van der Waals surface area contributed by atoms with Crippen LogP contribution >= 0.6 is 11.8 Å². The van der Waals surface area contributed by atoms with Crippen LogP contribution in [0.2, 0.25) is 0 Å². The summed E-state index contributed by atoms with van der Waals surface area (Å²) in [7, 11) is 0. The van der Waals surface area contributed by atoms with Gasteiger partial charge < -0.3 is 9.84 Å². The molecule has 2 aromatic carbocycles. The average molecular weight is 260 g/mol. The third kappa shape index (κ3) is 4.18. The van der Waals surface area contributed by atoms with Crippen LogP contribution in [0.15, 0.2) is 59.5 Å². The molecule has 0 amide bonds. The van der Waals surface area contributed by atoms with Gasteiger partial charge in [0.1, 0.15) is 0 Å². The van der Waals surface area contributed by atoms with Gasteiger partial charge in [0.15, 0.2) is 0 Å². The van der Waals surface area contributed by atoms with E-state index in [0.717, 1.165) is 10.5 Å². The molecule has 2 nitrogen and oxygen atoms in total. The van der Waals surface area contributed by atoms with Gasteiger partial charge in [-0.2, -0.15) is 0 Å². The van der Waals surface area contributed by atoms with Crippen LogP contribution in [0.3, 0.4) is 0 Å². The van der Waals surface area contributed by atoms with Gasteiger partial charge in [0.2, 0.25) is 0 Å². The zero-order valence-corrected chi connectivity index (χ0v) is 10.9. The third-order valence-electron chi connectivity index (χ3n) is 2.50. The Morgan fingerprint density at radius 2 is 1.72 bits per heavy atom. The number of ether oxygens (including phenoxy) is 1. The fourth-order valence-corrected chi connectivity index (χ4v) is 2.29. The summed E-state index contributed by atoms with van der Waals surface area (Å²) in [6.45, 7) is 0.715. The van der Waals surface area contributed by atoms with Crippen molar-refractivity contribution in [1.82, 2.24) is 0 Å². The third-order valence-corrected chi connectivity index (χ3v) is 3.37. The first kappa shape index (κ1) is 13.1. The lowest BCUT2D eigenvalue weighted by Crippen LogP contribution is -1.92. The van der Waals surface area contributed by atoms with Gasteiger partial charge in [-0.3, -0.25) is 0 Å². The van der Waals surface area contributed by atoms with E-state index in [-0.39, 0.29) is 6.61 Å². The summed E-state index contributed by atoms with van der Waals surface area (Å²) in [5, 5.41) is 9.04. The molecule has 0 aliphatic rings. The van der Waals surface area contributed by atoms with Crippen molar-refractivity contribution in [2.45, 2.75) is 18.1 Å². The van der Waals surface area contributed by atoms with Crippen molar-refractivity contribution >= 4 is 11.8 Å². The predicted octanol–water partition coefficient (Wildman–Crippen LogP) is 3.45. The summed E-state index contributed by atoms with van der Waals surface area (Å²) < 4.78 is 5.60. The molecule has 2 rings (SSSR count). The van der Waals surface area contributed by atoms with E-state index >= 15 is 0 Å². The van der Waals surface area contributed by atoms with Crippen LogP contribution in [0.1, 0.15) is 11.1 Å². The van der Waals surface area contributed by atoms with Gasteiger partial charge in [-0.15, -0.1) is 0 Å². The lowest BCUT2D eigenvalue weighted by molar-refractivity contribution is 0.169. The molecule has 0 unspecified atom stereocenters. The van der Waals surface area contributed by atoms with Crippen LogP contribution in [-0.2, 0) is 18.0 Å². The standard InChI is InChI=1S/C15H16O2S/c16-10-14-7-4-8-15(9-14)18-12-17-11-13-5-2-1-3-6-13/h1-9,16H,10-12H2. The lowest BCUT2D eigenvalue weighted by Gasteiger charge is -2.05. The Bertz CT molecular complexity index is 471. The smallest absolute Gasteiger partial charge is 0.0971 e. The van der Waals surface area contributed by atoms with Crippen molar-refractivity contribution in [3.63, 3.8) is 0 Å². The van der Waals surface area contributed by atoms with E-state index in [2.05, 4.69) is 12.1 Å². The second-order valence-electron chi connectivity index (χ2n) is 3.90. The summed E-state index contributed by atoms with van der Waals surface area (Å²) in [6.07, 6.45) is 0. The van der Waals surface area contributed by atoms with Crippen LogP contribution in [0, 0.1) is 0 Å². The largest absolute Gasteiger partial charge is 0.392 e. The van der Waals surface area contributed by atoms with Crippen molar-refractivity contribution in [2.75, 3.05) is 5.94 Å². The van der Waals surface area contributed by atoms with Crippen LogP contribution in [0.5, 0.6) is 0 Å². The molecule has 0 radical (unpaired) electrons. The summed E-state index contributed by atoms with van der Waals surface area (Å²) in [5.74, 6) is 0.615. The Labute approximate surface area is 112 Å². The summed E-state index contributed by atoms with van der Waals surface area (Å²) in [6, 6.07) is 18.0. The molecule has 18 heavy (non-hydrogen) atoms. The number of thioether (sulfide) groups is 1. The number of rotatable bonds is 6. The fourth-order valence-electron chi connectivity index (χ4n) is 1.58. The number of aliphatic hydroxyl groups excluding tert-OH is 1. The van der Waals surface area contributed by atoms with Crippen LogP contribution in [0.4, 0.5) is 0 Å². The van der Waals surface area contributed by atoms with Crippen molar-refractivity contribution in [3.8, 4) is 0 Å². The Morgan fingerprint density at radius 1 is 0.944 bits per heavy atom. The molecule has 0 aliphatic carbocycles. The quantitative estimate of drug-likeness (QED) is 0.490. The van der Waals surface area contributed by atoms with Gasteiger partial charge in [0, 0.05) is 4.90 Å². The van der Waals surface area contributed by atoms with E-state index in [1.807, 2.05) is 42.5 Å². The van der Waals surface area contributed by atoms with Crippen molar-refractivity contribution in [2.24, 2.45) is 0 Å². The Hall–Kier alpha value is -1.29. The molecule has 0 saturated heterocycles. The number of benzene rings is 2. The van der Waals surface area contributed by atoms with Crippen LogP contribution in [0.25, 0.3) is 0 Å². The maximum absolute atomic E-state index is 9.04. The van der Waals surface area contributed by atoms with E-state index in [4.69, 9.17) is 9.84 Å². The first-order valence-electron chi connectivity index (χ1n) is 5.83. The van der Waals surface area contributed by atoms with E-state index < -0.39 is 0 Å². The minimum absolute atomic E-state index is 0.0826. The SMILES string of the molecule is OCc1cccc(SCOCc2ccccc2)c1. The average Bonchev–Trinajstić information content (AvgIpc) is 2.45. The Kier molecular flexibility index (Phi) is 5.27. The van der Waals surface area contributed by atoms with E-state index in [1.165, 1.54) is 5.56 Å². The fraction of sp³-hybridized carbons (Fsp3) is 0.200. The van der Waals surface area contributed by atoms with E-state index in [0.29, 0.717) is 12.5 Å². The van der Waals surface area contributed by atoms with Gasteiger partial charge in [-0.25, -0.2) is 0 Å². The molecule has 1 N–H and O–H groups in total. The highest BCUT2D eigenvalue weighted by Crippen LogP contribution is 2.19. The summed E-state index contributed by atoms with van der Waals surface area (Å²) in [4.78, 5) is 1.12. The molecule has 94 valence electrons. The number of hydrogen-bond acceptors (Lipinski definition) is 3. The maximum atomic E-state index is 9.04. The molecular formula is C15H16O2S. The topological polar surface area (TPSA) is 29.5 Å². The molecule has 0 atom stereocenters. The molecule has 0 fully saturated rings. The van der Waals surface area contributed by atoms with Crippen LogP contribution in [-0.4, -0.2) is 11.0 Å². The molecular weight excluding hydrogens is 244 g/mol. The van der Waals surface area contributed by atoms with Gasteiger partial charge in [-0.05, 0) is 23.3 Å². The summed E-state index contributed by atoms with van der Waals surface area (Å²) >= 11 is 1.64. The normalized spacial score (nSPS) is 10.5. The molecule has 0 bridgehead atoms. The first-order valence-corrected chi connectivity index (χ1v) is 6.81. The van der Waals surface area contributed by atoms with Gasteiger partial charge >= 0.3 is 0 Å². The Balaban J connectivity index is 1.75. The molecule has 0 saturated carbocycles. The molecule has 3 heteroatoms. The highest BCUT2D eigenvalue weighted by molar-refractivity contribution is 7.99. The molecule has 0 heterocycles. The second kappa shape index (κ2) is 7.21. The second-order valence-corrected chi connectivity index (χ2v) is 4.90. The number of hydrogen-bond donors (Lipinski definition) is 1. The van der Waals surface area contributed by atoms with E-state index in [1.54, 1.807) is 11.8 Å². The van der Waals surface area contributed by atoms with Crippen molar-refractivity contribution in [3.05, 3.63) is 65.7 Å². The molecule has 2 aromatic rings. The minimum atomic E-state index is 0.0826. The first-order chi connectivity index (χ1) is 8.88. The highest BCUT2D eigenvalue weighted by Gasteiger charge is 1.97. The van der Waals surface area contributed by atoms with Gasteiger partial charge in [0.05, 0.1) is 19.2 Å². The van der Waals surface area contributed by atoms with Gasteiger partial charge in [-0.1, -0.05) is 54.2 Å². The zero-order valence-electron chi connectivity index (χ0n) is 10.1. The monoisotopic (exact) mass is 260 g/mol. The van der Waals surface area contributed by atoms with Crippen molar-refractivity contribution in [1.29, 1.82) is 0 Å². The number of aliphatic hydroxyl groups is 1. The molecule has 0 aromatic heterocycles.